The number of aromatic nitrogens is 1. The number of aryl methyl sites for hydroxylation is 3. The van der Waals surface area contributed by atoms with Gasteiger partial charge in [0.25, 0.3) is 0 Å². The minimum Gasteiger partial charge on any atom is -0.492 e. The lowest BCUT2D eigenvalue weighted by Crippen LogP contribution is -2.29. The number of ether oxygens (including phenoxy) is 1. The minimum atomic E-state index is -3.66. The largest absolute Gasteiger partial charge is 0.492 e. The van der Waals surface area contributed by atoms with Gasteiger partial charge in [-0.3, -0.25) is 0 Å². The van der Waals surface area contributed by atoms with Gasteiger partial charge in [-0.1, -0.05) is 22.8 Å². The van der Waals surface area contributed by atoms with Gasteiger partial charge in [0, 0.05) is 11.6 Å². The topological polar surface area (TPSA) is 81.4 Å². The van der Waals surface area contributed by atoms with Gasteiger partial charge in [-0.15, -0.1) is 0 Å². The summed E-state index contributed by atoms with van der Waals surface area (Å²) in [6.07, 6.45) is 0. The predicted octanol–water partition coefficient (Wildman–Crippen LogP) is 2.61. The van der Waals surface area contributed by atoms with E-state index in [-0.39, 0.29) is 23.8 Å². The van der Waals surface area contributed by atoms with Crippen molar-refractivity contribution >= 4 is 21.6 Å². The average Bonchev–Trinajstić information content (AvgIpc) is 2.79. The van der Waals surface area contributed by atoms with Crippen LogP contribution >= 0.6 is 11.6 Å². The maximum atomic E-state index is 12.2. The van der Waals surface area contributed by atoms with E-state index in [0.717, 1.165) is 5.56 Å². The van der Waals surface area contributed by atoms with Gasteiger partial charge in [0.2, 0.25) is 10.0 Å². The molecule has 0 radical (unpaired) electrons. The van der Waals surface area contributed by atoms with Gasteiger partial charge < -0.3 is 9.26 Å². The van der Waals surface area contributed by atoms with Gasteiger partial charge in [0.15, 0.2) is 5.76 Å². The Hall–Kier alpha value is -1.57. The van der Waals surface area contributed by atoms with Crippen molar-refractivity contribution in [3.05, 3.63) is 40.2 Å². The second-order valence-electron chi connectivity index (χ2n) is 4.81. The van der Waals surface area contributed by atoms with Crippen LogP contribution < -0.4 is 9.46 Å². The first-order chi connectivity index (χ1) is 10.3. The van der Waals surface area contributed by atoms with Crippen molar-refractivity contribution in [2.24, 2.45) is 0 Å². The Balaban J connectivity index is 1.92. The zero-order valence-electron chi connectivity index (χ0n) is 12.5. The number of nitrogens with one attached hydrogen (secondary N) is 1. The Bertz CT molecular complexity index is 752. The first-order valence-corrected chi connectivity index (χ1v) is 8.49. The van der Waals surface area contributed by atoms with Gasteiger partial charge in [-0.05, 0) is 38.5 Å². The van der Waals surface area contributed by atoms with Crippen molar-refractivity contribution in [1.29, 1.82) is 0 Å². The smallest absolute Gasteiger partial charge is 0.246 e. The Labute approximate surface area is 134 Å². The molecule has 6 nitrogen and oxygen atoms in total. The van der Waals surface area contributed by atoms with Gasteiger partial charge in [0.1, 0.15) is 22.9 Å². The molecule has 22 heavy (non-hydrogen) atoms. The highest BCUT2D eigenvalue weighted by Crippen LogP contribution is 2.21. The van der Waals surface area contributed by atoms with Gasteiger partial charge >= 0.3 is 0 Å². The van der Waals surface area contributed by atoms with Crippen molar-refractivity contribution in [3.8, 4) is 5.75 Å². The fourth-order valence-corrected chi connectivity index (χ4v) is 3.45. The Morgan fingerprint density at radius 1 is 1.32 bits per heavy atom. The summed E-state index contributed by atoms with van der Waals surface area (Å²) in [6.45, 7) is 5.33. The Morgan fingerprint density at radius 3 is 2.64 bits per heavy atom. The Morgan fingerprint density at radius 2 is 2.05 bits per heavy atom. The van der Waals surface area contributed by atoms with Crippen molar-refractivity contribution in [2.75, 3.05) is 13.2 Å². The van der Waals surface area contributed by atoms with Crippen LogP contribution in [0, 0.1) is 20.8 Å². The van der Waals surface area contributed by atoms with E-state index in [1.165, 1.54) is 0 Å². The van der Waals surface area contributed by atoms with E-state index >= 15 is 0 Å². The molecule has 0 unspecified atom stereocenters. The predicted molar refractivity (Wildman–Crippen MR) is 82.8 cm³/mol. The van der Waals surface area contributed by atoms with Crippen LogP contribution in [0.1, 0.15) is 17.0 Å². The summed E-state index contributed by atoms with van der Waals surface area (Å²) in [5.41, 5.74) is 1.28. The van der Waals surface area contributed by atoms with Crippen LogP contribution in [0.15, 0.2) is 27.6 Å². The molecule has 0 spiro atoms. The minimum absolute atomic E-state index is 0.0749. The van der Waals surface area contributed by atoms with Crippen LogP contribution in [0.25, 0.3) is 0 Å². The van der Waals surface area contributed by atoms with Crippen LogP contribution in [-0.2, 0) is 10.0 Å². The quantitative estimate of drug-likeness (QED) is 0.814. The second-order valence-corrected chi connectivity index (χ2v) is 6.92. The van der Waals surface area contributed by atoms with Crippen molar-refractivity contribution < 1.29 is 17.7 Å². The van der Waals surface area contributed by atoms with E-state index in [2.05, 4.69) is 9.88 Å². The number of rotatable bonds is 6. The molecule has 0 bridgehead atoms. The van der Waals surface area contributed by atoms with Crippen LogP contribution in [-0.4, -0.2) is 26.7 Å². The summed E-state index contributed by atoms with van der Waals surface area (Å²) >= 11 is 5.99. The summed E-state index contributed by atoms with van der Waals surface area (Å²) in [5, 5.41) is 4.24. The third kappa shape index (κ3) is 3.79. The lowest BCUT2D eigenvalue weighted by Gasteiger charge is -2.09. The van der Waals surface area contributed by atoms with Crippen LogP contribution in [0.4, 0.5) is 0 Å². The lowest BCUT2D eigenvalue weighted by atomic mass is 10.2. The molecule has 1 aromatic carbocycles. The monoisotopic (exact) mass is 344 g/mol. The third-order valence-corrected chi connectivity index (χ3v) is 5.15. The van der Waals surface area contributed by atoms with Crippen LogP contribution in [0.2, 0.25) is 5.02 Å². The molecule has 0 amide bonds. The molecular formula is C14H17ClN2O4S. The fraction of sp³-hybridized carbons (Fsp3) is 0.357. The molecule has 0 fully saturated rings. The highest BCUT2D eigenvalue weighted by molar-refractivity contribution is 7.89. The zero-order valence-corrected chi connectivity index (χ0v) is 14.1. The normalized spacial score (nSPS) is 11.6. The van der Waals surface area contributed by atoms with E-state index in [1.54, 1.807) is 26.0 Å². The van der Waals surface area contributed by atoms with E-state index < -0.39 is 10.0 Å². The molecule has 0 saturated heterocycles. The highest BCUT2D eigenvalue weighted by atomic mass is 35.5. The molecule has 1 heterocycles. The highest BCUT2D eigenvalue weighted by Gasteiger charge is 2.23. The molecule has 0 atom stereocenters. The summed E-state index contributed by atoms with van der Waals surface area (Å²) in [4.78, 5) is 0.0749. The summed E-state index contributed by atoms with van der Waals surface area (Å²) in [7, 11) is -3.66. The molecule has 1 aromatic heterocycles. The van der Waals surface area contributed by atoms with E-state index in [4.69, 9.17) is 20.9 Å². The van der Waals surface area contributed by atoms with Crippen LogP contribution in [0.5, 0.6) is 5.75 Å². The number of sulfonamides is 1. The number of benzene rings is 1. The van der Waals surface area contributed by atoms with Crippen molar-refractivity contribution in [1.82, 2.24) is 9.88 Å². The standard InChI is InChI=1S/C14H17ClN2O4S/c1-9-4-5-12(8-13(9)15)20-7-6-16-22(18,19)14-10(2)17-21-11(14)3/h4-5,8,16H,6-7H2,1-3H3. The molecule has 0 aliphatic rings. The maximum absolute atomic E-state index is 12.2. The molecule has 1 N–H and O–H groups in total. The third-order valence-electron chi connectivity index (χ3n) is 3.04. The van der Waals surface area contributed by atoms with Gasteiger partial charge in [-0.2, -0.15) is 0 Å². The van der Waals surface area contributed by atoms with Gasteiger partial charge in [-0.25, -0.2) is 13.1 Å². The SMILES string of the molecule is Cc1ccc(OCCNS(=O)(=O)c2c(C)noc2C)cc1Cl. The molecule has 2 rings (SSSR count). The second kappa shape index (κ2) is 6.68. The average molecular weight is 345 g/mol. The molecule has 2 aromatic rings. The Kier molecular flexibility index (Phi) is 5.10. The molecule has 0 aliphatic carbocycles. The molecule has 0 aliphatic heterocycles. The number of nitrogens with zero attached hydrogens (tertiary/aromatic N) is 1. The summed E-state index contributed by atoms with van der Waals surface area (Å²) < 4.78 is 37.1. The number of hydrogen-bond donors (Lipinski definition) is 1. The summed E-state index contributed by atoms with van der Waals surface area (Å²) in [6, 6.07) is 5.31. The first-order valence-electron chi connectivity index (χ1n) is 6.63. The number of halogens is 1. The van der Waals surface area contributed by atoms with Crippen molar-refractivity contribution in [2.45, 2.75) is 25.7 Å². The maximum Gasteiger partial charge on any atom is 0.246 e. The lowest BCUT2D eigenvalue weighted by molar-refractivity contribution is 0.322. The molecule has 8 heteroatoms. The van der Waals surface area contributed by atoms with E-state index in [0.29, 0.717) is 16.5 Å². The molecule has 0 saturated carbocycles. The molecule has 120 valence electrons. The van der Waals surface area contributed by atoms with Crippen LogP contribution in [0.3, 0.4) is 0 Å². The van der Waals surface area contributed by atoms with E-state index in [1.807, 2.05) is 13.0 Å². The van der Waals surface area contributed by atoms with E-state index in [9.17, 15) is 8.42 Å². The first kappa shape index (κ1) is 16.8. The number of hydrogen-bond acceptors (Lipinski definition) is 5. The fourth-order valence-electron chi connectivity index (χ4n) is 1.94. The zero-order chi connectivity index (χ0) is 16.3. The summed E-state index contributed by atoms with van der Waals surface area (Å²) in [5.74, 6) is 0.850. The van der Waals surface area contributed by atoms with Crippen molar-refractivity contribution in [3.63, 3.8) is 0 Å². The molecular weight excluding hydrogens is 328 g/mol. The van der Waals surface area contributed by atoms with Gasteiger partial charge in [0.05, 0.1) is 0 Å².